The largest absolute Gasteiger partial charge is 0.492 e. The van der Waals surface area contributed by atoms with E-state index < -0.39 is 9.84 Å². The van der Waals surface area contributed by atoms with E-state index in [0.29, 0.717) is 17.3 Å². The molecule has 6 heteroatoms. The predicted octanol–water partition coefficient (Wildman–Crippen LogP) is 1.91. The van der Waals surface area contributed by atoms with Crippen LogP contribution in [0.3, 0.4) is 0 Å². The molecule has 1 aliphatic heterocycles. The molecule has 0 spiro atoms. The van der Waals surface area contributed by atoms with Crippen molar-refractivity contribution < 1.29 is 13.2 Å². The zero-order valence-electron chi connectivity index (χ0n) is 11.7. The minimum atomic E-state index is -3.17. The smallest absolute Gasteiger partial charge is 0.175 e. The third-order valence-electron chi connectivity index (χ3n) is 3.22. The molecule has 0 atom stereocenters. The van der Waals surface area contributed by atoms with Crippen molar-refractivity contribution in [2.75, 3.05) is 44.0 Å². The molecule has 1 heterocycles. The van der Waals surface area contributed by atoms with Gasteiger partial charge in [0.15, 0.2) is 9.84 Å². The van der Waals surface area contributed by atoms with Gasteiger partial charge in [0.05, 0.1) is 4.90 Å². The van der Waals surface area contributed by atoms with E-state index in [2.05, 4.69) is 4.90 Å². The third kappa shape index (κ3) is 5.00. The number of nitrogens with zero attached hydrogens (tertiary/aromatic N) is 1. The molecule has 0 N–H and O–H groups in total. The lowest BCUT2D eigenvalue weighted by atomic mass is 10.3. The number of hydrogen-bond donors (Lipinski definition) is 0. The standard InChI is InChI=1S/C14H21NO3S2/c1-20(16,17)14-5-2-4-13(12-14)18-9-7-15-6-3-10-19-11-8-15/h2,4-5,12H,3,6-11H2,1H3. The Bertz CT molecular complexity index is 523. The fraction of sp³-hybridized carbons (Fsp3) is 0.571. The summed E-state index contributed by atoms with van der Waals surface area (Å²) in [5.41, 5.74) is 0. The van der Waals surface area contributed by atoms with Gasteiger partial charge in [0, 0.05) is 25.1 Å². The van der Waals surface area contributed by atoms with E-state index in [9.17, 15) is 8.42 Å². The molecule has 20 heavy (non-hydrogen) atoms. The molecule has 2 rings (SSSR count). The number of hydrogen-bond acceptors (Lipinski definition) is 5. The minimum absolute atomic E-state index is 0.307. The van der Waals surface area contributed by atoms with Gasteiger partial charge in [-0.1, -0.05) is 6.07 Å². The Kier molecular flexibility index (Phi) is 5.74. The molecule has 0 aliphatic carbocycles. The topological polar surface area (TPSA) is 46.6 Å². The molecular weight excluding hydrogens is 294 g/mol. The Hall–Kier alpha value is -0.720. The van der Waals surface area contributed by atoms with Crippen LogP contribution in [0.25, 0.3) is 0 Å². The molecule has 1 aromatic rings. The quantitative estimate of drug-likeness (QED) is 0.830. The van der Waals surface area contributed by atoms with E-state index in [0.717, 1.165) is 19.6 Å². The van der Waals surface area contributed by atoms with Crippen LogP contribution >= 0.6 is 11.8 Å². The molecule has 0 aromatic heterocycles. The molecular formula is C14H21NO3S2. The lowest BCUT2D eigenvalue weighted by molar-refractivity contribution is 0.219. The zero-order valence-corrected chi connectivity index (χ0v) is 13.4. The highest BCUT2D eigenvalue weighted by molar-refractivity contribution is 7.99. The molecule has 112 valence electrons. The summed E-state index contributed by atoms with van der Waals surface area (Å²) < 4.78 is 28.6. The van der Waals surface area contributed by atoms with Crippen molar-refractivity contribution >= 4 is 21.6 Å². The van der Waals surface area contributed by atoms with E-state index >= 15 is 0 Å². The summed E-state index contributed by atoms with van der Waals surface area (Å²) >= 11 is 2.00. The average molecular weight is 315 g/mol. The highest BCUT2D eigenvalue weighted by Crippen LogP contribution is 2.17. The summed E-state index contributed by atoms with van der Waals surface area (Å²) in [6, 6.07) is 6.70. The van der Waals surface area contributed by atoms with Crippen LogP contribution in [-0.2, 0) is 9.84 Å². The summed E-state index contributed by atoms with van der Waals surface area (Å²) in [4.78, 5) is 2.71. The summed E-state index contributed by atoms with van der Waals surface area (Å²) in [6.45, 7) is 3.72. The molecule has 0 saturated carbocycles. The van der Waals surface area contributed by atoms with Crippen LogP contribution in [0.5, 0.6) is 5.75 Å². The van der Waals surface area contributed by atoms with Crippen molar-refractivity contribution in [1.29, 1.82) is 0 Å². The molecule has 1 fully saturated rings. The van der Waals surface area contributed by atoms with Gasteiger partial charge >= 0.3 is 0 Å². The van der Waals surface area contributed by atoms with Gasteiger partial charge < -0.3 is 4.74 Å². The lowest BCUT2D eigenvalue weighted by Gasteiger charge is -2.19. The number of benzene rings is 1. The van der Waals surface area contributed by atoms with Crippen molar-refractivity contribution in [3.8, 4) is 5.75 Å². The highest BCUT2D eigenvalue weighted by atomic mass is 32.2. The van der Waals surface area contributed by atoms with Gasteiger partial charge in [-0.3, -0.25) is 4.90 Å². The molecule has 0 amide bonds. The van der Waals surface area contributed by atoms with Gasteiger partial charge in [0.1, 0.15) is 12.4 Å². The van der Waals surface area contributed by atoms with Crippen LogP contribution in [0.4, 0.5) is 0 Å². The highest BCUT2D eigenvalue weighted by Gasteiger charge is 2.10. The Balaban J connectivity index is 1.84. The van der Waals surface area contributed by atoms with Gasteiger partial charge in [-0.25, -0.2) is 8.42 Å². The van der Waals surface area contributed by atoms with Crippen molar-refractivity contribution in [2.24, 2.45) is 0 Å². The van der Waals surface area contributed by atoms with Gasteiger partial charge in [0.25, 0.3) is 0 Å². The van der Waals surface area contributed by atoms with Crippen molar-refractivity contribution in [3.05, 3.63) is 24.3 Å². The van der Waals surface area contributed by atoms with Gasteiger partial charge in [0.2, 0.25) is 0 Å². The molecule has 0 unspecified atom stereocenters. The molecule has 4 nitrogen and oxygen atoms in total. The summed E-state index contributed by atoms with van der Waals surface area (Å²) in [5.74, 6) is 3.05. The van der Waals surface area contributed by atoms with E-state index in [4.69, 9.17) is 4.74 Å². The summed E-state index contributed by atoms with van der Waals surface area (Å²) in [5, 5.41) is 0. The SMILES string of the molecule is CS(=O)(=O)c1cccc(OCCN2CCCSCC2)c1. The summed E-state index contributed by atoms with van der Waals surface area (Å²) in [6.07, 6.45) is 2.44. The first-order valence-corrected chi connectivity index (χ1v) is 9.83. The van der Waals surface area contributed by atoms with Crippen molar-refractivity contribution in [1.82, 2.24) is 4.90 Å². The van der Waals surface area contributed by atoms with E-state index in [1.54, 1.807) is 24.3 Å². The van der Waals surface area contributed by atoms with Gasteiger partial charge in [-0.05, 0) is 36.9 Å². The van der Waals surface area contributed by atoms with Crippen molar-refractivity contribution in [2.45, 2.75) is 11.3 Å². The van der Waals surface area contributed by atoms with Crippen LogP contribution in [0.2, 0.25) is 0 Å². The number of ether oxygens (including phenoxy) is 1. The average Bonchev–Trinajstić information content (AvgIpc) is 2.67. The predicted molar refractivity (Wildman–Crippen MR) is 83.4 cm³/mol. The van der Waals surface area contributed by atoms with Crippen LogP contribution in [0.15, 0.2) is 29.2 Å². The Labute approximate surface area is 125 Å². The number of thioether (sulfide) groups is 1. The van der Waals surface area contributed by atoms with Crippen LogP contribution in [0, 0.1) is 0 Å². The molecule has 0 bridgehead atoms. The Morgan fingerprint density at radius 3 is 2.95 bits per heavy atom. The second-order valence-corrected chi connectivity index (χ2v) is 8.14. The molecule has 1 aromatic carbocycles. The second kappa shape index (κ2) is 7.33. The number of sulfone groups is 1. The third-order valence-corrected chi connectivity index (χ3v) is 5.38. The monoisotopic (exact) mass is 315 g/mol. The van der Waals surface area contributed by atoms with Gasteiger partial charge in [-0.15, -0.1) is 0 Å². The lowest BCUT2D eigenvalue weighted by Crippen LogP contribution is -2.30. The maximum Gasteiger partial charge on any atom is 0.175 e. The number of rotatable bonds is 5. The van der Waals surface area contributed by atoms with E-state index in [-0.39, 0.29) is 0 Å². The van der Waals surface area contributed by atoms with Gasteiger partial charge in [-0.2, -0.15) is 11.8 Å². The van der Waals surface area contributed by atoms with E-state index in [1.165, 1.54) is 24.2 Å². The first kappa shape index (κ1) is 15.7. The van der Waals surface area contributed by atoms with Crippen LogP contribution in [-0.4, -0.2) is 57.3 Å². The molecule has 1 saturated heterocycles. The fourth-order valence-electron chi connectivity index (χ4n) is 2.11. The molecule has 0 radical (unpaired) electrons. The Morgan fingerprint density at radius 2 is 2.15 bits per heavy atom. The zero-order chi connectivity index (χ0) is 14.4. The minimum Gasteiger partial charge on any atom is -0.492 e. The normalized spacial score (nSPS) is 17.6. The first-order valence-electron chi connectivity index (χ1n) is 6.79. The Morgan fingerprint density at radius 1 is 1.30 bits per heavy atom. The maximum absolute atomic E-state index is 11.5. The van der Waals surface area contributed by atoms with Crippen LogP contribution in [0.1, 0.15) is 6.42 Å². The van der Waals surface area contributed by atoms with Crippen LogP contribution < -0.4 is 4.74 Å². The molecule has 1 aliphatic rings. The fourth-order valence-corrected chi connectivity index (χ4v) is 3.69. The second-order valence-electron chi connectivity index (χ2n) is 4.90. The van der Waals surface area contributed by atoms with E-state index in [1.807, 2.05) is 11.8 Å². The first-order chi connectivity index (χ1) is 9.55. The van der Waals surface area contributed by atoms with Crippen molar-refractivity contribution in [3.63, 3.8) is 0 Å². The maximum atomic E-state index is 11.5. The summed E-state index contributed by atoms with van der Waals surface area (Å²) in [7, 11) is -3.17.